The van der Waals surface area contributed by atoms with Crippen molar-refractivity contribution in [2.45, 2.75) is 37.3 Å². The van der Waals surface area contributed by atoms with Gasteiger partial charge in [0.2, 0.25) is 5.79 Å². The van der Waals surface area contributed by atoms with Crippen LogP contribution in [0.1, 0.15) is 6.92 Å². The van der Waals surface area contributed by atoms with Gasteiger partial charge in [-0.2, -0.15) is 8.42 Å². The lowest BCUT2D eigenvalue weighted by atomic mass is 9.97. The molecule has 1 rings (SSSR count). The third-order valence-electron chi connectivity index (χ3n) is 2.13. The normalized spacial score (nSPS) is 45.6. The van der Waals surface area contributed by atoms with Gasteiger partial charge in [-0.05, 0) is 6.92 Å². The Labute approximate surface area is 90.8 Å². The van der Waals surface area contributed by atoms with Gasteiger partial charge >= 0.3 is 10.4 Å². The average molecular weight is 260 g/mol. The number of aliphatic hydroxyl groups is 4. The van der Waals surface area contributed by atoms with Crippen molar-refractivity contribution in [1.82, 2.24) is 0 Å². The van der Waals surface area contributed by atoms with Crippen LogP contribution in [0.2, 0.25) is 0 Å². The van der Waals surface area contributed by atoms with E-state index >= 15 is 0 Å². The SMILES string of the molecule is C[C@@]1(OS(=O)(=O)O)OC(O)[C@@H](O)[C@@H](O)[C@@H]1O. The van der Waals surface area contributed by atoms with Gasteiger partial charge in [0.05, 0.1) is 0 Å². The Morgan fingerprint density at radius 3 is 2.12 bits per heavy atom. The molecule has 5 atom stereocenters. The predicted octanol–water partition coefficient (Wildman–Crippen LogP) is -3.05. The Hall–Kier alpha value is -0.330. The van der Waals surface area contributed by atoms with E-state index in [9.17, 15) is 18.6 Å². The molecule has 0 amide bonds. The predicted molar refractivity (Wildman–Crippen MR) is 46.2 cm³/mol. The van der Waals surface area contributed by atoms with Crippen LogP contribution in [-0.4, -0.2) is 63.8 Å². The third-order valence-corrected chi connectivity index (χ3v) is 2.67. The molecule has 0 spiro atoms. The molecule has 16 heavy (non-hydrogen) atoms. The maximum atomic E-state index is 10.5. The molecule has 0 aromatic rings. The second kappa shape index (κ2) is 4.16. The van der Waals surface area contributed by atoms with Crippen LogP contribution in [0.5, 0.6) is 0 Å². The first-order chi connectivity index (χ1) is 7.07. The number of aliphatic hydroxyl groups excluding tert-OH is 4. The van der Waals surface area contributed by atoms with E-state index in [1.54, 1.807) is 0 Å². The van der Waals surface area contributed by atoms with Gasteiger partial charge in [0.25, 0.3) is 0 Å². The zero-order chi connectivity index (χ0) is 12.7. The number of hydrogen-bond acceptors (Lipinski definition) is 8. The van der Waals surface area contributed by atoms with E-state index in [1.807, 2.05) is 0 Å². The lowest BCUT2D eigenvalue weighted by Gasteiger charge is -2.43. The summed E-state index contributed by atoms with van der Waals surface area (Å²) in [6, 6.07) is 0. The van der Waals surface area contributed by atoms with Crippen LogP contribution in [0.3, 0.4) is 0 Å². The molecule has 0 aromatic carbocycles. The number of ether oxygens (including phenoxy) is 1. The highest BCUT2D eigenvalue weighted by Crippen LogP contribution is 2.31. The Kier molecular flexibility index (Phi) is 3.57. The standard InChI is InChI=1S/C6H12O9S/c1-6(15-16(11,12)13)4(9)2(7)3(8)5(10)14-6/h2-5,7-10H,1H3,(H,11,12,13)/t2-,3+,4+,5?,6+/m1/s1. The molecular weight excluding hydrogens is 248 g/mol. The van der Waals surface area contributed by atoms with Gasteiger partial charge in [-0.25, -0.2) is 4.18 Å². The van der Waals surface area contributed by atoms with Crippen LogP contribution in [0.15, 0.2) is 0 Å². The molecule has 0 aromatic heterocycles. The highest BCUT2D eigenvalue weighted by molar-refractivity contribution is 7.80. The molecule has 1 fully saturated rings. The van der Waals surface area contributed by atoms with Gasteiger partial charge in [0.15, 0.2) is 6.29 Å². The fraction of sp³-hybridized carbons (Fsp3) is 1.00. The summed E-state index contributed by atoms with van der Waals surface area (Å²) in [5.74, 6) is -2.40. The zero-order valence-corrected chi connectivity index (χ0v) is 8.90. The Morgan fingerprint density at radius 1 is 1.19 bits per heavy atom. The van der Waals surface area contributed by atoms with Crippen LogP contribution in [0, 0.1) is 0 Å². The molecule has 10 heteroatoms. The summed E-state index contributed by atoms with van der Waals surface area (Å²) >= 11 is 0. The van der Waals surface area contributed by atoms with Gasteiger partial charge in [-0.3, -0.25) is 4.55 Å². The quantitative estimate of drug-likeness (QED) is 0.326. The molecule has 1 aliphatic heterocycles. The number of hydrogen-bond donors (Lipinski definition) is 5. The van der Waals surface area contributed by atoms with Gasteiger partial charge < -0.3 is 25.2 Å². The van der Waals surface area contributed by atoms with E-state index < -0.39 is 40.8 Å². The largest absolute Gasteiger partial charge is 0.400 e. The van der Waals surface area contributed by atoms with Crippen LogP contribution in [0.4, 0.5) is 0 Å². The topological polar surface area (TPSA) is 154 Å². The van der Waals surface area contributed by atoms with Crippen LogP contribution < -0.4 is 0 Å². The molecule has 1 aliphatic rings. The second-order valence-corrected chi connectivity index (χ2v) is 4.48. The van der Waals surface area contributed by atoms with Crippen LogP contribution >= 0.6 is 0 Å². The minimum atomic E-state index is -4.97. The first kappa shape index (κ1) is 13.7. The second-order valence-electron chi connectivity index (χ2n) is 3.46. The maximum absolute atomic E-state index is 10.5. The molecule has 1 unspecified atom stereocenters. The summed E-state index contributed by atoms with van der Waals surface area (Å²) in [6.07, 6.45) is -7.67. The van der Waals surface area contributed by atoms with Crippen molar-refractivity contribution >= 4 is 10.4 Å². The zero-order valence-electron chi connectivity index (χ0n) is 8.09. The molecule has 1 saturated heterocycles. The first-order valence-corrected chi connectivity index (χ1v) is 5.51. The van der Waals surface area contributed by atoms with Gasteiger partial charge in [-0.15, -0.1) is 0 Å². The summed E-state index contributed by atoms with van der Waals surface area (Å²) < 4.78 is 37.8. The molecule has 1 heterocycles. The molecule has 0 saturated carbocycles. The van der Waals surface area contributed by atoms with E-state index in [2.05, 4.69) is 8.92 Å². The van der Waals surface area contributed by atoms with E-state index in [0.717, 1.165) is 6.92 Å². The summed E-state index contributed by atoms with van der Waals surface area (Å²) in [5, 5.41) is 36.8. The molecule has 96 valence electrons. The monoisotopic (exact) mass is 260 g/mol. The van der Waals surface area contributed by atoms with Crippen LogP contribution in [-0.2, 0) is 19.3 Å². The van der Waals surface area contributed by atoms with E-state index in [4.69, 9.17) is 14.8 Å². The van der Waals surface area contributed by atoms with E-state index in [1.165, 1.54) is 0 Å². The highest BCUT2D eigenvalue weighted by atomic mass is 32.3. The number of rotatable bonds is 2. The summed E-state index contributed by atoms with van der Waals surface area (Å²) in [7, 11) is -4.97. The fourth-order valence-corrected chi connectivity index (χ4v) is 1.88. The Bertz CT molecular complexity index is 353. The third kappa shape index (κ3) is 2.67. The van der Waals surface area contributed by atoms with E-state index in [0.29, 0.717) is 0 Å². The minimum Gasteiger partial charge on any atom is -0.387 e. The molecule has 5 N–H and O–H groups in total. The minimum absolute atomic E-state index is 0.865. The molecule has 0 aliphatic carbocycles. The fourth-order valence-electron chi connectivity index (χ4n) is 1.32. The van der Waals surface area contributed by atoms with Crippen LogP contribution in [0.25, 0.3) is 0 Å². The molecule has 0 radical (unpaired) electrons. The highest BCUT2D eigenvalue weighted by Gasteiger charge is 2.53. The van der Waals surface area contributed by atoms with Crippen molar-refractivity contribution in [2.24, 2.45) is 0 Å². The van der Waals surface area contributed by atoms with Gasteiger partial charge in [0, 0.05) is 0 Å². The first-order valence-electron chi connectivity index (χ1n) is 4.15. The Balaban J connectivity index is 2.96. The molecular formula is C6H12O9S. The van der Waals surface area contributed by atoms with Crippen molar-refractivity contribution < 1.29 is 42.3 Å². The summed E-state index contributed by atoms with van der Waals surface area (Å²) in [5.41, 5.74) is 0. The lowest BCUT2D eigenvalue weighted by molar-refractivity contribution is -0.366. The average Bonchev–Trinajstić information content (AvgIpc) is 2.09. The lowest BCUT2D eigenvalue weighted by Crippen LogP contribution is -2.64. The van der Waals surface area contributed by atoms with Crippen molar-refractivity contribution in [1.29, 1.82) is 0 Å². The van der Waals surface area contributed by atoms with Crippen molar-refractivity contribution in [3.8, 4) is 0 Å². The van der Waals surface area contributed by atoms with E-state index in [-0.39, 0.29) is 0 Å². The maximum Gasteiger partial charge on any atom is 0.400 e. The van der Waals surface area contributed by atoms with Gasteiger partial charge in [-0.1, -0.05) is 0 Å². The van der Waals surface area contributed by atoms with Crippen molar-refractivity contribution in [3.05, 3.63) is 0 Å². The molecule has 0 bridgehead atoms. The van der Waals surface area contributed by atoms with Crippen molar-refractivity contribution in [3.63, 3.8) is 0 Å². The Morgan fingerprint density at radius 2 is 1.69 bits per heavy atom. The van der Waals surface area contributed by atoms with Crippen molar-refractivity contribution in [2.75, 3.05) is 0 Å². The summed E-state index contributed by atoms with van der Waals surface area (Å²) in [6.45, 7) is 0.865. The smallest absolute Gasteiger partial charge is 0.387 e. The summed E-state index contributed by atoms with van der Waals surface area (Å²) in [4.78, 5) is 0. The molecule has 9 nitrogen and oxygen atoms in total. The van der Waals surface area contributed by atoms with Gasteiger partial charge in [0.1, 0.15) is 18.3 Å².